The summed E-state index contributed by atoms with van der Waals surface area (Å²) >= 11 is 0. The van der Waals surface area contributed by atoms with Gasteiger partial charge in [-0.25, -0.2) is 4.79 Å². The van der Waals surface area contributed by atoms with Crippen LogP contribution in [0.3, 0.4) is 0 Å². The average molecular weight is 238 g/mol. The van der Waals surface area contributed by atoms with E-state index in [1.807, 2.05) is 0 Å². The maximum Gasteiger partial charge on any atom is 0.358 e. The van der Waals surface area contributed by atoms with E-state index in [0.717, 1.165) is 5.92 Å². The Hall–Kier alpha value is -1.36. The normalized spacial score (nSPS) is 18.4. The van der Waals surface area contributed by atoms with Gasteiger partial charge in [0.2, 0.25) is 0 Å². The first kappa shape index (κ1) is 12.1. The summed E-state index contributed by atoms with van der Waals surface area (Å²) in [6.45, 7) is 2.71. The Bertz CT molecular complexity index is 383. The van der Waals surface area contributed by atoms with Crippen LogP contribution in [-0.2, 0) is 6.54 Å². The maximum atomic E-state index is 10.6. The molecule has 0 saturated heterocycles. The Labute approximate surface area is 100 Å². The minimum Gasteiger partial charge on any atom is -0.476 e. The summed E-state index contributed by atoms with van der Waals surface area (Å²) in [6, 6.07) is 1.91. The van der Waals surface area contributed by atoms with E-state index in [2.05, 4.69) is 17.4 Å². The predicted molar refractivity (Wildman–Crippen MR) is 61.7 cm³/mol. The molecule has 1 unspecified atom stereocenters. The number of carboxylic acid groups (broad SMARTS) is 1. The fraction of sp³-hybridized carbons (Fsp3) is 0.667. The van der Waals surface area contributed by atoms with Crippen LogP contribution in [0.25, 0.3) is 0 Å². The van der Waals surface area contributed by atoms with Crippen LogP contribution in [0.5, 0.6) is 0 Å². The Morgan fingerprint density at radius 1 is 1.65 bits per heavy atom. The van der Waals surface area contributed by atoms with Crippen molar-refractivity contribution in [3.63, 3.8) is 0 Å². The van der Waals surface area contributed by atoms with Gasteiger partial charge in [-0.05, 0) is 25.7 Å². The van der Waals surface area contributed by atoms with Crippen molar-refractivity contribution in [1.29, 1.82) is 0 Å². The highest BCUT2D eigenvalue weighted by atomic mass is 16.5. The first-order chi connectivity index (χ1) is 8.16. The van der Waals surface area contributed by atoms with Crippen LogP contribution < -0.4 is 5.32 Å². The second-order valence-corrected chi connectivity index (χ2v) is 4.70. The summed E-state index contributed by atoms with van der Waals surface area (Å²) < 4.78 is 4.95. The average Bonchev–Trinajstić information content (AvgIpc) is 2.97. The number of nitrogens with one attached hydrogen (secondary N) is 1. The van der Waals surface area contributed by atoms with Crippen molar-refractivity contribution in [2.24, 2.45) is 5.92 Å². The molecule has 1 fully saturated rings. The van der Waals surface area contributed by atoms with Gasteiger partial charge in [-0.3, -0.25) is 0 Å². The number of hydrogen-bond donors (Lipinski definition) is 2. The highest BCUT2D eigenvalue weighted by Gasteiger charge is 2.21. The molecule has 2 rings (SSSR count). The molecule has 5 heteroatoms. The highest BCUT2D eigenvalue weighted by molar-refractivity contribution is 5.85. The van der Waals surface area contributed by atoms with Gasteiger partial charge in [0.15, 0.2) is 11.5 Å². The summed E-state index contributed by atoms with van der Waals surface area (Å²) in [7, 11) is 0. The Balaban J connectivity index is 1.82. The second kappa shape index (κ2) is 5.31. The summed E-state index contributed by atoms with van der Waals surface area (Å²) in [6.07, 6.45) is 5.21. The largest absolute Gasteiger partial charge is 0.476 e. The van der Waals surface area contributed by atoms with Gasteiger partial charge in [-0.2, -0.15) is 0 Å². The van der Waals surface area contributed by atoms with Gasteiger partial charge < -0.3 is 14.9 Å². The molecular formula is C12H18N2O3. The van der Waals surface area contributed by atoms with E-state index in [9.17, 15) is 4.79 Å². The van der Waals surface area contributed by atoms with Crippen LogP contribution in [0.4, 0.5) is 0 Å². The number of carboxylic acids is 1. The molecule has 1 saturated carbocycles. The molecule has 0 amide bonds. The van der Waals surface area contributed by atoms with Crippen molar-refractivity contribution in [2.45, 2.75) is 45.2 Å². The molecule has 0 aliphatic heterocycles. The molecule has 0 aromatic carbocycles. The molecule has 2 N–H and O–H groups in total. The molecule has 1 aromatic heterocycles. The molecule has 5 nitrogen and oxygen atoms in total. The molecule has 1 heterocycles. The molecule has 1 aromatic rings. The van der Waals surface area contributed by atoms with E-state index in [4.69, 9.17) is 9.63 Å². The van der Waals surface area contributed by atoms with Crippen molar-refractivity contribution in [2.75, 3.05) is 0 Å². The molecule has 1 atom stereocenters. The van der Waals surface area contributed by atoms with Gasteiger partial charge >= 0.3 is 5.97 Å². The lowest BCUT2D eigenvalue weighted by Crippen LogP contribution is -2.31. The lowest BCUT2D eigenvalue weighted by Gasteiger charge is -2.19. The summed E-state index contributed by atoms with van der Waals surface area (Å²) in [5.74, 6) is 0.257. The molecule has 0 spiro atoms. The van der Waals surface area contributed by atoms with E-state index >= 15 is 0 Å². The molecule has 1 aliphatic rings. The van der Waals surface area contributed by atoms with Crippen molar-refractivity contribution in [3.8, 4) is 0 Å². The number of rotatable bonds is 5. The van der Waals surface area contributed by atoms with Crippen LogP contribution in [0.1, 0.15) is 48.9 Å². The molecule has 94 valence electrons. The van der Waals surface area contributed by atoms with E-state index in [-0.39, 0.29) is 5.69 Å². The van der Waals surface area contributed by atoms with Crippen molar-refractivity contribution in [1.82, 2.24) is 10.5 Å². The fourth-order valence-corrected chi connectivity index (χ4v) is 2.38. The van der Waals surface area contributed by atoms with E-state index in [1.165, 1.54) is 31.7 Å². The zero-order valence-corrected chi connectivity index (χ0v) is 9.98. The molecule has 17 heavy (non-hydrogen) atoms. The molecule has 0 bridgehead atoms. The van der Waals surface area contributed by atoms with Gasteiger partial charge in [0.1, 0.15) is 0 Å². The highest BCUT2D eigenvalue weighted by Crippen LogP contribution is 2.27. The van der Waals surface area contributed by atoms with Crippen molar-refractivity contribution < 1.29 is 14.4 Å². The minimum atomic E-state index is -1.05. The monoisotopic (exact) mass is 238 g/mol. The summed E-state index contributed by atoms with van der Waals surface area (Å²) in [4.78, 5) is 10.6. The molecule has 1 aliphatic carbocycles. The van der Waals surface area contributed by atoms with E-state index < -0.39 is 5.97 Å². The number of carbonyl (C=O) groups is 1. The zero-order chi connectivity index (χ0) is 12.3. The first-order valence-electron chi connectivity index (χ1n) is 6.09. The number of nitrogens with zero attached hydrogens (tertiary/aromatic N) is 1. The zero-order valence-electron chi connectivity index (χ0n) is 9.98. The van der Waals surface area contributed by atoms with Crippen LogP contribution in [0.15, 0.2) is 10.6 Å². The van der Waals surface area contributed by atoms with Gasteiger partial charge in [-0.15, -0.1) is 0 Å². The van der Waals surface area contributed by atoms with Gasteiger partial charge in [-0.1, -0.05) is 18.0 Å². The third kappa shape index (κ3) is 3.06. The van der Waals surface area contributed by atoms with Crippen LogP contribution in [0, 0.1) is 5.92 Å². The fourth-order valence-electron chi connectivity index (χ4n) is 2.38. The lowest BCUT2D eigenvalue weighted by atomic mass is 10.00. The Morgan fingerprint density at radius 2 is 2.35 bits per heavy atom. The first-order valence-corrected chi connectivity index (χ1v) is 6.09. The number of aromatic nitrogens is 1. The standard InChI is InChI=1S/C12H18N2O3/c1-8(9-4-2-3-5-9)13-7-10-6-11(12(15)16)14-17-10/h6,8-9,13H,2-5,7H2,1H3,(H,15,16). The van der Waals surface area contributed by atoms with Crippen molar-refractivity contribution >= 4 is 5.97 Å². The summed E-state index contributed by atoms with van der Waals surface area (Å²) in [5.41, 5.74) is -0.0321. The molecular weight excluding hydrogens is 220 g/mol. The number of hydrogen-bond acceptors (Lipinski definition) is 4. The third-order valence-corrected chi connectivity index (χ3v) is 3.48. The Morgan fingerprint density at radius 3 is 2.94 bits per heavy atom. The quantitative estimate of drug-likeness (QED) is 0.821. The van der Waals surface area contributed by atoms with Gasteiger partial charge in [0, 0.05) is 12.1 Å². The van der Waals surface area contributed by atoms with E-state index in [0.29, 0.717) is 18.3 Å². The van der Waals surface area contributed by atoms with Crippen molar-refractivity contribution in [3.05, 3.63) is 17.5 Å². The second-order valence-electron chi connectivity index (χ2n) is 4.70. The van der Waals surface area contributed by atoms with Crippen LogP contribution in [-0.4, -0.2) is 22.3 Å². The minimum absolute atomic E-state index is 0.0321. The van der Waals surface area contributed by atoms with Crippen LogP contribution in [0.2, 0.25) is 0 Å². The molecule has 0 radical (unpaired) electrons. The predicted octanol–water partition coefficient (Wildman–Crippen LogP) is 2.04. The van der Waals surface area contributed by atoms with Gasteiger partial charge in [0.05, 0.1) is 6.54 Å². The van der Waals surface area contributed by atoms with Gasteiger partial charge in [0.25, 0.3) is 0 Å². The summed E-state index contributed by atoms with van der Waals surface area (Å²) in [5, 5.41) is 15.5. The maximum absolute atomic E-state index is 10.6. The van der Waals surface area contributed by atoms with Crippen LogP contribution >= 0.6 is 0 Å². The Kier molecular flexibility index (Phi) is 3.78. The smallest absolute Gasteiger partial charge is 0.358 e. The van der Waals surface area contributed by atoms with E-state index in [1.54, 1.807) is 0 Å². The lowest BCUT2D eigenvalue weighted by molar-refractivity contribution is 0.0685. The number of aromatic carboxylic acids is 1. The SMILES string of the molecule is CC(NCc1cc(C(=O)O)no1)C1CCCC1. The topological polar surface area (TPSA) is 75.4 Å². The third-order valence-electron chi connectivity index (χ3n) is 3.48.